The molecule has 65 heavy (non-hydrogen) atoms. The third kappa shape index (κ3) is 9.42. The molecule has 1 aromatic heterocycles. The van der Waals surface area contributed by atoms with E-state index in [1.54, 1.807) is 20.1 Å². The highest BCUT2D eigenvalue weighted by atomic mass is 16.6. The van der Waals surface area contributed by atoms with Gasteiger partial charge >= 0.3 is 0 Å². The van der Waals surface area contributed by atoms with E-state index in [0.29, 0.717) is 81.4 Å². The van der Waals surface area contributed by atoms with E-state index < -0.39 is 23.9 Å². The standard InChI is InChI=1S/C52H66N4O9/c1-31(59)26-53-29-54-28-52(63-30-56-37-8-4-3-5-9-37)25-44-43-22-35(20-32-10-15-45-33(19-32)16-17-55-45)42-24-38(60)11-13-40(42)47(43)50-41(14-12-39(27-58)64-50)49(44)65-51(52)36-21-34(7-6-18-57)48(61)46(23-36)62-2/h10-11,13,15-17,19,21,23-24,31,35,37,39,51,53-61H,3-9,12,14,18,20,22,25-30H2,1-2H3. The fourth-order valence-electron chi connectivity index (χ4n) is 10.9. The summed E-state index contributed by atoms with van der Waals surface area (Å²) < 4.78 is 27.5. The number of phenols is 2. The lowest BCUT2D eigenvalue weighted by molar-refractivity contribution is -0.132. The number of aliphatic hydroxyl groups is 3. The average Bonchev–Trinajstić information content (AvgIpc) is 3.79. The van der Waals surface area contributed by atoms with Gasteiger partial charge in [0.2, 0.25) is 0 Å². The average molecular weight is 891 g/mol. The van der Waals surface area contributed by atoms with Crippen LogP contribution in [0.5, 0.6) is 28.7 Å². The number of H-pyrrole nitrogens is 1. The van der Waals surface area contributed by atoms with Crippen LogP contribution in [0.1, 0.15) is 103 Å². The number of aryl methyl sites for hydroxylation is 1. The fourth-order valence-corrected chi connectivity index (χ4v) is 10.9. The van der Waals surface area contributed by atoms with Crippen LogP contribution in [0.2, 0.25) is 0 Å². The van der Waals surface area contributed by atoms with Crippen molar-refractivity contribution in [2.75, 3.05) is 46.8 Å². The van der Waals surface area contributed by atoms with Crippen LogP contribution in [0.15, 0.2) is 60.8 Å². The molecular formula is C52H66N4O9. The second-order valence-electron chi connectivity index (χ2n) is 18.7. The molecule has 0 amide bonds. The molecule has 0 saturated heterocycles. The van der Waals surface area contributed by atoms with E-state index >= 15 is 0 Å². The smallest absolute Gasteiger partial charge is 0.161 e. The van der Waals surface area contributed by atoms with Crippen LogP contribution >= 0.6 is 0 Å². The highest BCUT2D eigenvalue weighted by molar-refractivity contribution is 5.85. The molecule has 4 aromatic carbocycles. The Hall–Kier alpha value is -4.86. The number of aromatic hydroxyl groups is 2. The van der Waals surface area contributed by atoms with Crippen molar-refractivity contribution in [2.24, 2.45) is 0 Å². The van der Waals surface area contributed by atoms with Gasteiger partial charge in [0.05, 0.1) is 26.6 Å². The lowest BCUT2D eigenvalue weighted by Crippen LogP contribution is -2.56. The van der Waals surface area contributed by atoms with Crippen molar-refractivity contribution in [3.05, 3.63) is 99.7 Å². The summed E-state index contributed by atoms with van der Waals surface area (Å²) in [5.74, 6) is 2.02. The van der Waals surface area contributed by atoms with Crippen LogP contribution in [0, 0.1) is 0 Å². The zero-order valence-electron chi connectivity index (χ0n) is 37.8. The van der Waals surface area contributed by atoms with E-state index in [0.717, 1.165) is 74.9 Å². The van der Waals surface area contributed by atoms with Crippen LogP contribution in [0.25, 0.3) is 22.0 Å². The number of fused-ring (bicyclic) bond motifs is 9. The first-order valence-electron chi connectivity index (χ1n) is 23.7. The van der Waals surface area contributed by atoms with Crippen molar-refractivity contribution in [2.45, 2.75) is 120 Å². The Morgan fingerprint density at radius 3 is 2.58 bits per heavy atom. The van der Waals surface area contributed by atoms with Gasteiger partial charge in [-0.05, 0) is 145 Å². The highest BCUT2D eigenvalue weighted by Gasteiger charge is 2.50. The van der Waals surface area contributed by atoms with Crippen molar-refractivity contribution in [3.8, 4) is 39.9 Å². The van der Waals surface area contributed by atoms with Crippen LogP contribution in [-0.4, -0.2) is 101 Å². The Kier molecular flexibility index (Phi) is 13.9. The predicted molar refractivity (Wildman–Crippen MR) is 250 cm³/mol. The normalized spacial score (nSPS) is 22.0. The molecule has 0 spiro atoms. The zero-order valence-corrected chi connectivity index (χ0v) is 37.8. The van der Waals surface area contributed by atoms with Gasteiger partial charge in [-0.3, -0.25) is 5.32 Å². The van der Waals surface area contributed by atoms with Gasteiger partial charge in [0.15, 0.2) is 17.6 Å². The summed E-state index contributed by atoms with van der Waals surface area (Å²) in [5, 5.41) is 64.7. The number of aliphatic hydroxyl groups excluding tert-OH is 3. The lowest BCUT2D eigenvalue weighted by Gasteiger charge is -2.48. The first-order valence-corrected chi connectivity index (χ1v) is 23.7. The Balaban J connectivity index is 1.22. The van der Waals surface area contributed by atoms with Crippen LogP contribution in [0.3, 0.4) is 0 Å². The fraction of sp³-hybridized carbons (Fsp3) is 0.500. The van der Waals surface area contributed by atoms with Gasteiger partial charge in [-0.2, -0.15) is 0 Å². The maximum absolute atomic E-state index is 11.4. The van der Waals surface area contributed by atoms with Gasteiger partial charge < -0.3 is 60.1 Å². The maximum atomic E-state index is 11.4. The number of hydrogen-bond acceptors (Lipinski definition) is 12. The third-order valence-electron chi connectivity index (χ3n) is 14.2. The molecule has 13 heteroatoms. The summed E-state index contributed by atoms with van der Waals surface area (Å²) >= 11 is 0. The minimum absolute atomic E-state index is 0.000352. The van der Waals surface area contributed by atoms with E-state index in [1.807, 2.05) is 30.5 Å². The second kappa shape index (κ2) is 19.9. The number of rotatable bonds is 18. The van der Waals surface area contributed by atoms with Crippen molar-refractivity contribution in [1.29, 1.82) is 0 Å². The summed E-state index contributed by atoms with van der Waals surface area (Å²) in [6, 6.07) is 18.5. The number of methoxy groups -OCH3 is 1. The molecule has 5 atom stereocenters. The number of benzene rings is 4. The van der Waals surface area contributed by atoms with Gasteiger partial charge in [-0.1, -0.05) is 31.4 Å². The first-order chi connectivity index (χ1) is 31.7. The first kappa shape index (κ1) is 45.3. The SMILES string of the molecule is COc1cc(C2Oc3c(c4c(c5c3CCC(CO)O5)-c3ccc(O)cc3C(Cc3ccc5[nH]ccc5c3)C4)CC2(CNCNCC(C)O)OCNC2CCCCC2)cc(CCCO)c1O. The molecule has 4 aliphatic rings. The largest absolute Gasteiger partial charge is 0.508 e. The van der Waals surface area contributed by atoms with E-state index in [-0.39, 0.29) is 37.4 Å². The molecule has 2 aliphatic heterocycles. The van der Waals surface area contributed by atoms with Gasteiger partial charge in [-0.25, -0.2) is 0 Å². The molecule has 348 valence electrons. The molecule has 5 unspecified atom stereocenters. The van der Waals surface area contributed by atoms with Crippen molar-refractivity contribution < 1.29 is 44.5 Å². The van der Waals surface area contributed by atoms with E-state index in [9.17, 15) is 25.5 Å². The zero-order chi connectivity index (χ0) is 45.1. The molecule has 9 rings (SSSR count). The van der Waals surface area contributed by atoms with Crippen LogP contribution < -0.4 is 30.2 Å². The van der Waals surface area contributed by atoms with E-state index in [2.05, 4.69) is 45.2 Å². The molecule has 0 bridgehead atoms. The molecule has 5 aromatic rings. The highest BCUT2D eigenvalue weighted by Crippen LogP contribution is 2.58. The molecule has 13 nitrogen and oxygen atoms in total. The Bertz CT molecular complexity index is 2450. The van der Waals surface area contributed by atoms with Crippen molar-refractivity contribution >= 4 is 10.9 Å². The number of aromatic nitrogens is 1. The monoisotopic (exact) mass is 890 g/mol. The lowest BCUT2D eigenvalue weighted by atomic mass is 9.70. The van der Waals surface area contributed by atoms with Gasteiger partial charge in [0, 0.05) is 67.2 Å². The summed E-state index contributed by atoms with van der Waals surface area (Å²) in [7, 11) is 1.54. The Labute approximate surface area is 381 Å². The molecule has 1 saturated carbocycles. The van der Waals surface area contributed by atoms with Crippen LogP contribution in [-0.2, 0) is 36.8 Å². The predicted octanol–water partition coefficient (Wildman–Crippen LogP) is 6.58. The molecule has 3 heterocycles. The van der Waals surface area contributed by atoms with Crippen molar-refractivity contribution in [3.63, 3.8) is 0 Å². The molecular weight excluding hydrogens is 825 g/mol. The molecule has 1 fully saturated rings. The number of hydrogen-bond donors (Lipinski definition) is 9. The minimum atomic E-state index is -1.02. The van der Waals surface area contributed by atoms with Gasteiger partial charge in [0.25, 0.3) is 0 Å². The Morgan fingerprint density at radius 1 is 0.923 bits per heavy atom. The number of aromatic amines is 1. The summed E-state index contributed by atoms with van der Waals surface area (Å²) in [6.45, 7) is 3.09. The molecule has 0 radical (unpaired) electrons. The van der Waals surface area contributed by atoms with E-state index in [1.165, 1.54) is 24.8 Å². The summed E-state index contributed by atoms with van der Waals surface area (Å²) in [4.78, 5) is 3.32. The second-order valence-corrected chi connectivity index (χ2v) is 18.7. The van der Waals surface area contributed by atoms with Crippen LogP contribution in [0.4, 0.5) is 0 Å². The Morgan fingerprint density at radius 2 is 1.78 bits per heavy atom. The topological polar surface area (TPSA) is 190 Å². The van der Waals surface area contributed by atoms with Gasteiger partial charge in [0.1, 0.15) is 29.0 Å². The minimum Gasteiger partial charge on any atom is -0.508 e. The maximum Gasteiger partial charge on any atom is 0.161 e. The third-order valence-corrected chi connectivity index (χ3v) is 14.2. The van der Waals surface area contributed by atoms with E-state index in [4.69, 9.17) is 18.9 Å². The quantitative estimate of drug-likeness (QED) is 0.0340. The van der Waals surface area contributed by atoms with Crippen molar-refractivity contribution in [1.82, 2.24) is 20.9 Å². The molecule has 9 N–H and O–H groups in total. The summed E-state index contributed by atoms with van der Waals surface area (Å²) in [5.41, 5.74) is 8.79. The van der Waals surface area contributed by atoms with Gasteiger partial charge in [-0.15, -0.1) is 0 Å². The number of phenolic OH excluding ortho intramolecular Hbond substituents is 2. The number of nitrogens with one attached hydrogen (secondary N) is 4. The number of ether oxygens (including phenoxy) is 4. The molecule has 2 aliphatic carbocycles. The summed E-state index contributed by atoms with van der Waals surface area (Å²) in [6.07, 6.45) is 10.1.